The zero-order valence-electron chi connectivity index (χ0n) is 10.6. The van der Waals surface area contributed by atoms with E-state index in [2.05, 4.69) is 5.32 Å². The Hall–Kier alpha value is -1.00. The molecule has 2 rings (SSSR count). The van der Waals surface area contributed by atoms with Crippen LogP contribution in [0.3, 0.4) is 0 Å². The van der Waals surface area contributed by atoms with Crippen molar-refractivity contribution >= 4 is 17.7 Å². The molecule has 0 unspecified atom stereocenters. The first-order chi connectivity index (χ1) is 8.75. The molecule has 0 aliphatic carbocycles. The Labute approximate surface area is 112 Å². The molecule has 1 aliphatic heterocycles. The Morgan fingerprint density at radius 3 is 2.94 bits per heavy atom. The molecule has 1 heterocycles. The summed E-state index contributed by atoms with van der Waals surface area (Å²) < 4.78 is 5.48. The number of benzene rings is 1. The van der Waals surface area contributed by atoms with E-state index in [9.17, 15) is 4.79 Å². The lowest BCUT2D eigenvalue weighted by molar-refractivity contribution is -0.120. The number of hydrogen-bond donors (Lipinski definition) is 1. The van der Waals surface area contributed by atoms with E-state index in [1.54, 1.807) is 11.8 Å². The van der Waals surface area contributed by atoms with E-state index in [-0.39, 0.29) is 17.3 Å². The molecule has 1 saturated heterocycles. The molecule has 98 valence electrons. The largest absolute Gasteiger partial charge is 0.376 e. The predicted octanol–water partition coefficient (Wildman–Crippen LogP) is 2.46. The number of carbonyl (C=O) groups is 1. The molecule has 4 heteroatoms. The van der Waals surface area contributed by atoms with Gasteiger partial charge in [-0.3, -0.25) is 4.79 Å². The molecule has 1 aliphatic rings. The molecule has 3 nitrogen and oxygen atoms in total. The van der Waals surface area contributed by atoms with E-state index in [0.29, 0.717) is 6.54 Å². The van der Waals surface area contributed by atoms with Gasteiger partial charge in [0.1, 0.15) is 0 Å². The Kier molecular flexibility index (Phi) is 5.08. The molecular formula is C14H19NO2S. The average molecular weight is 265 g/mol. The van der Waals surface area contributed by atoms with Crippen LogP contribution in [-0.4, -0.2) is 30.4 Å². The van der Waals surface area contributed by atoms with E-state index in [1.165, 1.54) is 0 Å². The minimum atomic E-state index is -0.0752. The van der Waals surface area contributed by atoms with Crippen molar-refractivity contribution in [2.45, 2.75) is 36.0 Å². The second kappa shape index (κ2) is 6.81. The van der Waals surface area contributed by atoms with Crippen LogP contribution >= 0.6 is 11.8 Å². The van der Waals surface area contributed by atoms with Crippen molar-refractivity contribution in [2.75, 3.05) is 13.2 Å². The van der Waals surface area contributed by atoms with Crippen molar-refractivity contribution < 1.29 is 9.53 Å². The van der Waals surface area contributed by atoms with Gasteiger partial charge >= 0.3 is 0 Å². The molecule has 1 aromatic carbocycles. The van der Waals surface area contributed by atoms with Crippen molar-refractivity contribution in [3.63, 3.8) is 0 Å². The normalized spacial score (nSPS) is 20.6. The van der Waals surface area contributed by atoms with Crippen LogP contribution in [-0.2, 0) is 9.53 Å². The second-order valence-corrected chi connectivity index (χ2v) is 5.87. The topological polar surface area (TPSA) is 38.3 Å². The zero-order chi connectivity index (χ0) is 12.8. The lowest BCUT2D eigenvalue weighted by Gasteiger charge is -2.14. The predicted molar refractivity (Wildman–Crippen MR) is 73.7 cm³/mol. The first kappa shape index (κ1) is 13.4. The van der Waals surface area contributed by atoms with Gasteiger partial charge in [-0.15, -0.1) is 11.8 Å². The standard InChI is InChI=1S/C14H19NO2S/c1-11(18-13-7-3-2-4-8-13)14(16)15-10-12-6-5-9-17-12/h2-4,7-8,11-12H,5-6,9-10H2,1H3,(H,15,16)/t11-,12+/m1/s1. The van der Waals surface area contributed by atoms with Crippen LogP contribution in [0.5, 0.6) is 0 Å². The SMILES string of the molecule is C[C@@H](Sc1ccccc1)C(=O)NC[C@@H]1CCCO1. The summed E-state index contributed by atoms with van der Waals surface area (Å²) in [6.07, 6.45) is 2.37. The summed E-state index contributed by atoms with van der Waals surface area (Å²) in [6, 6.07) is 9.99. The monoisotopic (exact) mass is 265 g/mol. The van der Waals surface area contributed by atoms with Gasteiger partial charge in [0.15, 0.2) is 0 Å². The Morgan fingerprint density at radius 1 is 1.50 bits per heavy atom. The van der Waals surface area contributed by atoms with E-state index in [1.807, 2.05) is 37.3 Å². The van der Waals surface area contributed by atoms with Crippen LogP contribution < -0.4 is 5.32 Å². The van der Waals surface area contributed by atoms with Crippen LogP contribution in [0.2, 0.25) is 0 Å². The summed E-state index contributed by atoms with van der Waals surface area (Å²) in [7, 11) is 0. The molecule has 1 aromatic rings. The van der Waals surface area contributed by atoms with Gasteiger partial charge in [-0.1, -0.05) is 18.2 Å². The Morgan fingerprint density at radius 2 is 2.28 bits per heavy atom. The fraction of sp³-hybridized carbons (Fsp3) is 0.500. The molecule has 1 N–H and O–H groups in total. The van der Waals surface area contributed by atoms with Gasteiger partial charge in [0.05, 0.1) is 11.4 Å². The van der Waals surface area contributed by atoms with Gasteiger partial charge in [-0.05, 0) is 31.9 Å². The number of amides is 1. The minimum absolute atomic E-state index is 0.0752. The average Bonchev–Trinajstić information content (AvgIpc) is 2.90. The third-order valence-corrected chi connectivity index (χ3v) is 4.07. The van der Waals surface area contributed by atoms with Gasteiger partial charge in [-0.25, -0.2) is 0 Å². The lowest BCUT2D eigenvalue weighted by atomic mass is 10.2. The highest BCUT2D eigenvalue weighted by molar-refractivity contribution is 8.00. The Balaban J connectivity index is 1.74. The molecule has 0 aromatic heterocycles. The van der Waals surface area contributed by atoms with Crippen molar-refractivity contribution in [1.29, 1.82) is 0 Å². The molecule has 0 saturated carbocycles. The molecule has 0 radical (unpaired) electrons. The number of rotatable bonds is 5. The quantitative estimate of drug-likeness (QED) is 0.831. The number of thioether (sulfide) groups is 1. The third kappa shape index (κ3) is 4.03. The molecule has 0 bridgehead atoms. The van der Waals surface area contributed by atoms with Crippen molar-refractivity contribution in [3.8, 4) is 0 Å². The molecule has 1 fully saturated rings. The fourth-order valence-electron chi connectivity index (χ4n) is 1.92. The van der Waals surface area contributed by atoms with Crippen LogP contribution in [0.25, 0.3) is 0 Å². The van der Waals surface area contributed by atoms with Gasteiger partial charge in [0.25, 0.3) is 0 Å². The highest BCUT2D eigenvalue weighted by atomic mass is 32.2. The van der Waals surface area contributed by atoms with E-state index in [4.69, 9.17) is 4.74 Å². The Bertz CT molecular complexity index is 377. The second-order valence-electron chi connectivity index (χ2n) is 4.45. The third-order valence-electron chi connectivity index (χ3n) is 2.95. The van der Waals surface area contributed by atoms with Crippen molar-refractivity contribution in [3.05, 3.63) is 30.3 Å². The molecule has 2 atom stereocenters. The number of hydrogen-bond acceptors (Lipinski definition) is 3. The van der Waals surface area contributed by atoms with Crippen LogP contribution in [0, 0.1) is 0 Å². The first-order valence-corrected chi connectivity index (χ1v) is 7.24. The number of ether oxygens (including phenoxy) is 1. The summed E-state index contributed by atoms with van der Waals surface area (Å²) in [5.41, 5.74) is 0. The summed E-state index contributed by atoms with van der Waals surface area (Å²) in [6.45, 7) is 3.40. The van der Waals surface area contributed by atoms with Crippen LogP contribution in [0.1, 0.15) is 19.8 Å². The van der Waals surface area contributed by atoms with Crippen molar-refractivity contribution in [1.82, 2.24) is 5.32 Å². The molecular weight excluding hydrogens is 246 g/mol. The van der Waals surface area contributed by atoms with Gasteiger partial charge in [-0.2, -0.15) is 0 Å². The zero-order valence-corrected chi connectivity index (χ0v) is 11.4. The molecule has 1 amide bonds. The van der Waals surface area contributed by atoms with Gasteiger partial charge < -0.3 is 10.1 Å². The number of nitrogens with one attached hydrogen (secondary N) is 1. The summed E-state index contributed by atoms with van der Waals surface area (Å²) in [4.78, 5) is 13.0. The fourth-order valence-corrected chi connectivity index (χ4v) is 2.83. The first-order valence-electron chi connectivity index (χ1n) is 6.37. The van der Waals surface area contributed by atoms with Crippen LogP contribution in [0.15, 0.2) is 35.2 Å². The van der Waals surface area contributed by atoms with Gasteiger partial charge in [0.2, 0.25) is 5.91 Å². The summed E-state index contributed by atoms with van der Waals surface area (Å²) in [5.74, 6) is 0.0827. The smallest absolute Gasteiger partial charge is 0.233 e. The lowest BCUT2D eigenvalue weighted by Crippen LogP contribution is -2.36. The van der Waals surface area contributed by atoms with E-state index < -0.39 is 0 Å². The maximum Gasteiger partial charge on any atom is 0.233 e. The van der Waals surface area contributed by atoms with Crippen molar-refractivity contribution in [2.24, 2.45) is 0 Å². The maximum atomic E-state index is 11.9. The minimum Gasteiger partial charge on any atom is -0.376 e. The maximum absolute atomic E-state index is 11.9. The van der Waals surface area contributed by atoms with Gasteiger partial charge in [0, 0.05) is 18.0 Å². The summed E-state index contributed by atoms with van der Waals surface area (Å²) >= 11 is 1.58. The van der Waals surface area contributed by atoms with E-state index in [0.717, 1.165) is 24.3 Å². The highest BCUT2D eigenvalue weighted by Gasteiger charge is 2.19. The number of carbonyl (C=O) groups excluding carboxylic acids is 1. The molecule has 0 spiro atoms. The summed E-state index contributed by atoms with van der Waals surface area (Å²) in [5, 5.41) is 2.88. The highest BCUT2D eigenvalue weighted by Crippen LogP contribution is 2.22. The van der Waals surface area contributed by atoms with Crippen LogP contribution in [0.4, 0.5) is 0 Å². The molecule has 18 heavy (non-hydrogen) atoms. The van der Waals surface area contributed by atoms with E-state index >= 15 is 0 Å².